The van der Waals surface area contributed by atoms with E-state index in [1.165, 1.54) is 5.56 Å². The summed E-state index contributed by atoms with van der Waals surface area (Å²) in [7, 11) is 0. The third-order valence-corrected chi connectivity index (χ3v) is 4.79. The van der Waals surface area contributed by atoms with Crippen LogP contribution in [0.4, 0.5) is 0 Å². The third-order valence-electron chi connectivity index (χ3n) is 4.79. The zero-order valence-electron chi connectivity index (χ0n) is 14.4. The first-order chi connectivity index (χ1) is 11.7. The molecule has 0 spiro atoms. The smallest absolute Gasteiger partial charge is 0.228 e. The second-order valence-electron chi connectivity index (χ2n) is 6.27. The molecule has 1 heterocycles. The lowest BCUT2D eigenvalue weighted by Crippen LogP contribution is -2.37. The van der Waals surface area contributed by atoms with Crippen LogP contribution in [-0.4, -0.2) is 5.78 Å². The van der Waals surface area contributed by atoms with Gasteiger partial charge in [-0.25, -0.2) is 0 Å². The van der Waals surface area contributed by atoms with Gasteiger partial charge in [0, 0.05) is 17.7 Å². The average molecular weight is 318 g/mol. The molecule has 0 unspecified atom stereocenters. The standard InChI is InChI=1S/C22H24NO/c1-3-17(4-2)18-12-14-23(15-13-18)16-22(24)21-11-7-9-19-8-5-6-10-20(19)21/h5-15,17H,3-4,16H2,1-2H3/q+1. The molecule has 0 fully saturated rings. The Labute approximate surface area is 143 Å². The highest BCUT2D eigenvalue weighted by Crippen LogP contribution is 2.21. The van der Waals surface area contributed by atoms with E-state index in [9.17, 15) is 4.79 Å². The Morgan fingerprint density at radius 2 is 1.58 bits per heavy atom. The van der Waals surface area contributed by atoms with Gasteiger partial charge >= 0.3 is 0 Å². The maximum Gasteiger partial charge on any atom is 0.228 e. The molecule has 3 rings (SSSR count). The van der Waals surface area contributed by atoms with Crippen LogP contribution in [0.15, 0.2) is 67.0 Å². The van der Waals surface area contributed by atoms with Gasteiger partial charge in [0.1, 0.15) is 0 Å². The Balaban J connectivity index is 1.81. The highest BCUT2D eigenvalue weighted by atomic mass is 16.1. The van der Waals surface area contributed by atoms with E-state index in [1.54, 1.807) is 0 Å². The van der Waals surface area contributed by atoms with Crippen molar-refractivity contribution in [2.45, 2.75) is 39.2 Å². The van der Waals surface area contributed by atoms with E-state index in [4.69, 9.17) is 0 Å². The summed E-state index contributed by atoms with van der Waals surface area (Å²) in [4.78, 5) is 12.7. The number of rotatable bonds is 6. The molecule has 0 bridgehead atoms. The first-order valence-electron chi connectivity index (χ1n) is 8.73. The highest BCUT2D eigenvalue weighted by molar-refractivity contribution is 6.07. The number of aromatic nitrogens is 1. The number of fused-ring (bicyclic) bond motifs is 1. The van der Waals surface area contributed by atoms with Crippen LogP contribution in [0.3, 0.4) is 0 Å². The van der Waals surface area contributed by atoms with Crippen molar-refractivity contribution in [1.82, 2.24) is 0 Å². The van der Waals surface area contributed by atoms with Crippen molar-refractivity contribution in [2.24, 2.45) is 0 Å². The minimum atomic E-state index is 0.145. The topological polar surface area (TPSA) is 20.9 Å². The molecule has 0 radical (unpaired) electrons. The van der Waals surface area contributed by atoms with E-state index in [1.807, 2.05) is 59.4 Å². The Morgan fingerprint density at radius 3 is 2.29 bits per heavy atom. The van der Waals surface area contributed by atoms with Crippen LogP contribution < -0.4 is 4.57 Å². The molecular formula is C22H24NO+. The summed E-state index contributed by atoms with van der Waals surface area (Å²) in [6.45, 7) is 4.82. The first kappa shape index (κ1) is 16.4. The molecule has 0 saturated heterocycles. The van der Waals surface area contributed by atoms with Gasteiger partial charge in [-0.05, 0) is 35.1 Å². The molecule has 0 aliphatic heterocycles. The van der Waals surface area contributed by atoms with Gasteiger partial charge in [0.25, 0.3) is 0 Å². The SMILES string of the molecule is CCC(CC)c1cc[n+](CC(=O)c2cccc3ccccc23)cc1. The minimum Gasteiger partial charge on any atom is -0.287 e. The third kappa shape index (κ3) is 3.38. The molecule has 0 aliphatic rings. The number of ketones is 1. The van der Waals surface area contributed by atoms with E-state index in [2.05, 4.69) is 26.0 Å². The van der Waals surface area contributed by atoms with Crippen molar-refractivity contribution < 1.29 is 9.36 Å². The molecule has 1 aromatic heterocycles. The number of carbonyl (C=O) groups excluding carboxylic acids is 1. The molecule has 122 valence electrons. The summed E-state index contributed by atoms with van der Waals surface area (Å²) >= 11 is 0. The summed E-state index contributed by atoms with van der Waals surface area (Å²) in [6.07, 6.45) is 6.35. The van der Waals surface area contributed by atoms with Crippen LogP contribution >= 0.6 is 0 Å². The van der Waals surface area contributed by atoms with E-state index < -0.39 is 0 Å². The van der Waals surface area contributed by atoms with Crippen LogP contribution in [-0.2, 0) is 6.54 Å². The zero-order valence-corrected chi connectivity index (χ0v) is 14.4. The normalized spacial score (nSPS) is 11.1. The van der Waals surface area contributed by atoms with Crippen LogP contribution in [0.25, 0.3) is 10.8 Å². The molecule has 0 amide bonds. The molecular weight excluding hydrogens is 294 g/mol. The van der Waals surface area contributed by atoms with Gasteiger partial charge < -0.3 is 0 Å². The largest absolute Gasteiger partial charge is 0.287 e. The van der Waals surface area contributed by atoms with Gasteiger partial charge in [0.05, 0.1) is 0 Å². The van der Waals surface area contributed by atoms with E-state index in [0.29, 0.717) is 12.5 Å². The molecule has 3 aromatic rings. The molecule has 0 N–H and O–H groups in total. The number of Topliss-reactive ketones (excluding diaryl/α,β-unsaturated/α-hetero) is 1. The van der Waals surface area contributed by atoms with Crippen molar-refractivity contribution in [1.29, 1.82) is 0 Å². The van der Waals surface area contributed by atoms with Gasteiger partial charge in [-0.15, -0.1) is 0 Å². The van der Waals surface area contributed by atoms with Crippen LogP contribution in [0.2, 0.25) is 0 Å². The molecule has 24 heavy (non-hydrogen) atoms. The lowest BCUT2D eigenvalue weighted by atomic mass is 9.95. The van der Waals surface area contributed by atoms with Gasteiger partial charge in [-0.2, -0.15) is 4.57 Å². The van der Waals surface area contributed by atoms with Crippen molar-refractivity contribution in [2.75, 3.05) is 0 Å². The van der Waals surface area contributed by atoms with Gasteiger partial charge in [0.2, 0.25) is 12.3 Å². The summed E-state index contributed by atoms with van der Waals surface area (Å²) in [5.41, 5.74) is 2.15. The number of benzene rings is 2. The fourth-order valence-electron chi connectivity index (χ4n) is 3.33. The molecule has 2 aromatic carbocycles. The average Bonchev–Trinajstić information content (AvgIpc) is 2.63. The Hall–Kier alpha value is -2.48. The van der Waals surface area contributed by atoms with E-state index in [0.717, 1.165) is 29.2 Å². The second-order valence-corrected chi connectivity index (χ2v) is 6.27. The fraction of sp³-hybridized carbons (Fsp3) is 0.273. The summed E-state index contributed by atoms with van der Waals surface area (Å²) in [5.74, 6) is 0.750. The molecule has 0 aliphatic carbocycles. The monoisotopic (exact) mass is 318 g/mol. The number of hydrogen-bond donors (Lipinski definition) is 0. The van der Waals surface area contributed by atoms with Crippen molar-refractivity contribution in [3.05, 3.63) is 78.1 Å². The molecule has 2 nitrogen and oxygen atoms in total. The van der Waals surface area contributed by atoms with E-state index in [-0.39, 0.29) is 5.78 Å². The summed E-state index contributed by atoms with van der Waals surface area (Å²) in [5, 5.41) is 2.14. The molecule has 2 heteroatoms. The highest BCUT2D eigenvalue weighted by Gasteiger charge is 2.15. The maximum absolute atomic E-state index is 12.7. The quantitative estimate of drug-likeness (QED) is 0.467. The van der Waals surface area contributed by atoms with Crippen molar-refractivity contribution in [3.8, 4) is 0 Å². The van der Waals surface area contributed by atoms with Crippen molar-refractivity contribution in [3.63, 3.8) is 0 Å². The Kier molecular flexibility index (Phi) is 5.05. The Bertz CT molecular complexity index is 827. The molecule has 0 saturated carbocycles. The summed E-state index contributed by atoms with van der Waals surface area (Å²) < 4.78 is 1.97. The fourth-order valence-corrected chi connectivity index (χ4v) is 3.33. The van der Waals surface area contributed by atoms with Gasteiger partial charge in [0.15, 0.2) is 12.4 Å². The van der Waals surface area contributed by atoms with Crippen LogP contribution in [0.5, 0.6) is 0 Å². The number of nitrogens with zero attached hydrogens (tertiary/aromatic N) is 1. The van der Waals surface area contributed by atoms with Crippen LogP contribution in [0, 0.1) is 0 Å². The second kappa shape index (κ2) is 7.39. The van der Waals surface area contributed by atoms with Crippen LogP contribution in [0.1, 0.15) is 48.5 Å². The van der Waals surface area contributed by atoms with Gasteiger partial charge in [-0.1, -0.05) is 56.3 Å². The summed E-state index contributed by atoms with van der Waals surface area (Å²) in [6, 6.07) is 18.3. The number of hydrogen-bond acceptors (Lipinski definition) is 1. The molecule has 0 atom stereocenters. The Morgan fingerprint density at radius 1 is 0.917 bits per heavy atom. The predicted molar refractivity (Wildman–Crippen MR) is 98.2 cm³/mol. The number of carbonyl (C=O) groups is 1. The lowest BCUT2D eigenvalue weighted by Gasteiger charge is -2.11. The van der Waals surface area contributed by atoms with Gasteiger partial charge in [-0.3, -0.25) is 4.79 Å². The van der Waals surface area contributed by atoms with Crippen molar-refractivity contribution >= 4 is 16.6 Å². The minimum absolute atomic E-state index is 0.145. The number of pyridine rings is 1. The lowest BCUT2D eigenvalue weighted by molar-refractivity contribution is -0.683. The predicted octanol–water partition coefficient (Wildman–Crippen LogP) is 4.91. The first-order valence-corrected chi connectivity index (χ1v) is 8.73. The zero-order chi connectivity index (χ0) is 16.9. The maximum atomic E-state index is 12.7. The van der Waals surface area contributed by atoms with E-state index >= 15 is 0 Å².